The fraction of sp³-hybridized carbons (Fsp3) is 0.250. The molecular weight excluding hydrogens is 383 g/mol. The molecule has 0 N–H and O–H groups in total. The summed E-state index contributed by atoms with van der Waals surface area (Å²) in [4.78, 5) is 0. The normalized spacial score (nSPS) is 9.70. The van der Waals surface area contributed by atoms with E-state index in [2.05, 4.69) is 42.3 Å². The molecule has 0 aliphatic carbocycles. The van der Waals surface area contributed by atoms with E-state index in [-0.39, 0.29) is 21.8 Å². The monoisotopic (exact) mass is 392 g/mol. The second-order valence-corrected chi connectivity index (χ2v) is 10.0. The van der Waals surface area contributed by atoms with E-state index in [0.717, 1.165) is 0 Å². The predicted octanol–water partition coefficient (Wildman–Crippen LogP) is 2.66. The fourth-order valence-corrected chi connectivity index (χ4v) is 4.07. The summed E-state index contributed by atoms with van der Waals surface area (Å²) in [5, 5.41) is 0. The van der Waals surface area contributed by atoms with Gasteiger partial charge >= 0.3 is 80.1 Å². The van der Waals surface area contributed by atoms with Crippen molar-refractivity contribution in [2.24, 2.45) is 0 Å². The van der Waals surface area contributed by atoms with Crippen molar-refractivity contribution in [1.29, 1.82) is 0 Å². The molecule has 0 saturated carbocycles. The van der Waals surface area contributed by atoms with Gasteiger partial charge in [-0.3, -0.25) is 0 Å². The van der Waals surface area contributed by atoms with E-state index >= 15 is 0 Å². The number of hydrogen-bond donors (Lipinski definition) is 0. The van der Waals surface area contributed by atoms with E-state index in [1.54, 1.807) is 0 Å². The summed E-state index contributed by atoms with van der Waals surface area (Å²) in [6.45, 7) is 0. The van der Waals surface area contributed by atoms with Crippen LogP contribution in [-0.2, 0) is 6.42 Å². The van der Waals surface area contributed by atoms with Gasteiger partial charge in [-0.25, -0.2) is 0 Å². The zero-order valence-electron chi connectivity index (χ0n) is 5.68. The zero-order chi connectivity index (χ0) is 7.23. The van der Waals surface area contributed by atoms with Crippen molar-refractivity contribution in [3.05, 3.63) is 35.9 Å². The molecule has 2 radical (unpaired) electrons. The van der Waals surface area contributed by atoms with Gasteiger partial charge in [0.25, 0.3) is 0 Å². The van der Waals surface area contributed by atoms with E-state index in [0.29, 0.717) is 0 Å². The number of aryl methyl sites for hydroxylation is 1. The van der Waals surface area contributed by atoms with Gasteiger partial charge in [-0.2, -0.15) is 0 Å². The first kappa shape index (κ1) is 8.72. The summed E-state index contributed by atoms with van der Waals surface area (Å²) in [5.74, 6) is 0. The van der Waals surface area contributed by atoms with Crippen LogP contribution in [0.1, 0.15) is 5.56 Å². The van der Waals surface area contributed by atoms with Gasteiger partial charge in [-0.05, 0) is 0 Å². The first-order valence-electron chi connectivity index (χ1n) is 3.31. The van der Waals surface area contributed by atoms with Crippen molar-refractivity contribution in [3.8, 4) is 0 Å². The minimum absolute atomic E-state index is 0.324. The topological polar surface area (TPSA) is 0 Å². The molecule has 0 spiro atoms. The SMILES string of the molecule is [Br][Pb][CH2]Cc1ccccc1. The van der Waals surface area contributed by atoms with Gasteiger partial charge in [-0.1, -0.05) is 0 Å². The van der Waals surface area contributed by atoms with Gasteiger partial charge in [0.2, 0.25) is 0 Å². The van der Waals surface area contributed by atoms with Crippen molar-refractivity contribution in [3.63, 3.8) is 0 Å². The molecule has 1 aromatic rings. The van der Waals surface area contributed by atoms with E-state index in [4.69, 9.17) is 0 Å². The average Bonchev–Trinajstić information content (AvgIpc) is 2.03. The molecule has 2 heteroatoms. The maximum absolute atomic E-state index is 3.60. The summed E-state index contributed by atoms with van der Waals surface area (Å²) in [6.07, 6.45) is 1.27. The van der Waals surface area contributed by atoms with Gasteiger partial charge in [0.05, 0.1) is 0 Å². The summed E-state index contributed by atoms with van der Waals surface area (Å²) in [5.41, 5.74) is 1.48. The number of benzene rings is 1. The van der Waals surface area contributed by atoms with Gasteiger partial charge in [0.1, 0.15) is 0 Å². The Hall–Kier alpha value is 0.622. The van der Waals surface area contributed by atoms with E-state index in [9.17, 15) is 0 Å². The van der Waals surface area contributed by atoms with Gasteiger partial charge in [0.15, 0.2) is 0 Å². The summed E-state index contributed by atoms with van der Waals surface area (Å²) < 4.78 is 1.42. The molecule has 0 heterocycles. The Bertz CT molecular complexity index is 174. The van der Waals surface area contributed by atoms with Crippen LogP contribution in [0.3, 0.4) is 0 Å². The zero-order valence-corrected chi connectivity index (χ0v) is 11.2. The molecular formula is C8H9BrPb. The molecule has 0 bridgehead atoms. The quantitative estimate of drug-likeness (QED) is 0.694. The van der Waals surface area contributed by atoms with Crippen LogP contribution in [0.25, 0.3) is 0 Å². The fourth-order valence-electron chi connectivity index (χ4n) is 0.836. The summed E-state index contributed by atoms with van der Waals surface area (Å²) in [6, 6.07) is 10.7. The molecule has 1 aromatic carbocycles. The number of rotatable bonds is 3. The molecule has 0 aromatic heterocycles. The Kier molecular flexibility index (Phi) is 4.62. The van der Waals surface area contributed by atoms with Crippen molar-refractivity contribution in [1.82, 2.24) is 0 Å². The second-order valence-electron chi connectivity index (χ2n) is 2.12. The van der Waals surface area contributed by atoms with Crippen LogP contribution in [0, 0.1) is 0 Å². The van der Waals surface area contributed by atoms with Crippen LogP contribution in [0.4, 0.5) is 0 Å². The molecule has 0 unspecified atom stereocenters. The van der Waals surface area contributed by atoms with Crippen molar-refractivity contribution >= 4 is 33.8 Å². The third-order valence-corrected chi connectivity index (χ3v) is 6.54. The van der Waals surface area contributed by atoms with Crippen LogP contribution >= 0.6 is 12.0 Å². The Morgan fingerprint density at radius 1 is 1.20 bits per heavy atom. The first-order valence-corrected chi connectivity index (χ1v) is 14.5. The van der Waals surface area contributed by atoms with E-state index < -0.39 is 0 Å². The second kappa shape index (κ2) is 5.30. The minimum atomic E-state index is -0.324. The van der Waals surface area contributed by atoms with Crippen molar-refractivity contribution in [2.75, 3.05) is 0 Å². The summed E-state index contributed by atoms with van der Waals surface area (Å²) >= 11 is 3.28. The third-order valence-electron chi connectivity index (χ3n) is 1.35. The molecule has 1 rings (SSSR count). The molecule has 10 heavy (non-hydrogen) atoms. The molecule has 0 atom stereocenters. The maximum atomic E-state index is 3.60. The Labute approximate surface area is 79.5 Å². The van der Waals surface area contributed by atoms with Crippen LogP contribution in [0.5, 0.6) is 0 Å². The molecule has 0 fully saturated rings. The molecule has 0 aliphatic rings. The van der Waals surface area contributed by atoms with Gasteiger partial charge < -0.3 is 0 Å². The first-order chi connectivity index (χ1) is 4.93. The van der Waals surface area contributed by atoms with Crippen LogP contribution in [0.15, 0.2) is 30.3 Å². The average molecular weight is 392 g/mol. The van der Waals surface area contributed by atoms with Crippen LogP contribution in [0.2, 0.25) is 3.98 Å². The predicted molar refractivity (Wildman–Crippen MR) is 49.6 cm³/mol. The Morgan fingerprint density at radius 2 is 1.90 bits per heavy atom. The number of halogens is 1. The Morgan fingerprint density at radius 3 is 2.50 bits per heavy atom. The van der Waals surface area contributed by atoms with Gasteiger partial charge in [-0.15, -0.1) is 0 Å². The van der Waals surface area contributed by atoms with Crippen molar-refractivity contribution < 1.29 is 0 Å². The van der Waals surface area contributed by atoms with E-state index in [1.165, 1.54) is 16.0 Å². The molecule has 0 saturated heterocycles. The Balaban J connectivity index is 2.43. The third kappa shape index (κ3) is 3.14. The van der Waals surface area contributed by atoms with Crippen LogP contribution in [-0.4, -0.2) is 21.8 Å². The summed E-state index contributed by atoms with van der Waals surface area (Å²) in [7, 11) is 0. The standard InChI is InChI=1S/C8H9.BrH.Pb/c1-2-8-6-4-3-5-7-8;;/h3-7H,1-2H2;1H;/q;;+1/p-1. The number of hydrogen-bond acceptors (Lipinski definition) is 0. The van der Waals surface area contributed by atoms with Gasteiger partial charge in [0, 0.05) is 0 Å². The van der Waals surface area contributed by atoms with Crippen LogP contribution < -0.4 is 0 Å². The van der Waals surface area contributed by atoms with E-state index in [1.807, 2.05) is 0 Å². The molecule has 0 aliphatic heterocycles. The molecule has 0 amide bonds. The van der Waals surface area contributed by atoms with Crippen molar-refractivity contribution in [2.45, 2.75) is 10.4 Å². The molecule has 0 nitrogen and oxygen atoms in total. The molecule has 52 valence electrons.